The summed E-state index contributed by atoms with van der Waals surface area (Å²) in [6.07, 6.45) is 3.66. The zero-order valence-electron chi connectivity index (χ0n) is 12.8. The first kappa shape index (κ1) is 16.7. The highest BCUT2D eigenvalue weighted by molar-refractivity contribution is 9.10. The fourth-order valence-electron chi connectivity index (χ4n) is 2.80. The van der Waals surface area contributed by atoms with Crippen molar-refractivity contribution in [2.45, 2.75) is 39.2 Å². The molecule has 1 aromatic rings. The van der Waals surface area contributed by atoms with E-state index in [9.17, 15) is 0 Å². The number of hydrogen-bond donors (Lipinski definition) is 2. The Hall–Kier alpha value is -0.650. The van der Waals surface area contributed by atoms with E-state index in [4.69, 9.17) is 12.2 Å². The number of anilines is 1. The first-order valence-corrected chi connectivity index (χ1v) is 8.84. The van der Waals surface area contributed by atoms with Crippen molar-refractivity contribution >= 4 is 38.9 Å². The zero-order valence-corrected chi connectivity index (χ0v) is 15.2. The number of nitrogens with one attached hydrogen (secondary N) is 2. The maximum Gasteiger partial charge on any atom is 0.171 e. The number of nitrogens with zero attached hydrogens (tertiary/aromatic N) is 1. The summed E-state index contributed by atoms with van der Waals surface area (Å²) in [7, 11) is 0. The van der Waals surface area contributed by atoms with Gasteiger partial charge in [0.15, 0.2) is 5.11 Å². The summed E-state index contributed by atoms with van der Waals surface area (Å²) >= 11 is 8.94. The van der Waals surface area contributed by atoms with Crippen molar-refractivity contribution in [3.63, 3.8) is 0 Å². The Morgan fingerprint density at radius 3 is 3.00 bits per heavy atom. The van der Waals surface area contributed by atoms with E-state index in [-0.39, 0.29) is 0 Å². The second kappa shape index (κ2) is 8.11. The molecule has 1 heterocycles. The number of hydrogen-bond acceptors (Lipinski definition) is 2. The van der Waals surface area contributed by atoms with Gasteiger partial charge in [-0.05, 0) is 75.3 Å². The maximum absolute atomic E-state index is 5.46. The van der Waals surface area contributed by atoms with Crippen LogP contribution in [0.2, 0.25) is 0 Å². The number of thiocarbonyl (C=S) groups is 1. The molecule has 0 spiro atoms. The molecule has 1 atom stereocenters. The lowest BCUT2D eigenvalue weighted by molar-refractivity contribution is 0.201. The van der Waals surface area contributed by atoms with E-state index in [1.54, 1.807) is 0 Å². The monoisotopic (exact) mass is 369 g/mol. The first-order valence-electron chi connectivity index (χ1n) is 7.64. The van der Waals surface area contributed by atoms with E-state index in [2.05, 4.69) is 57.4 Å². The second-order valence-corrected chi connectivity index (χ2v) is 7.02. The molecule has 0 saturated carbocycles. The molecule has 1 unspecified atom stereocenters. The Kier molecular flexibility index (Phi) is 6.45. The minimum absolute atomic E-state index is 0.459. The molecule has 1 fully saturated rings. The summed E-state index contributed by atoms with van der Waals surface area (Å²) in [5.41, 5.74) is 2.25. The average Bonchev–Trinajstić information content (AvgIpc) is 2.43. The molecule has 116 valence electrons. The summed E-state index contributed by atoms with van der Waals surface area (Å²) in [5, 5.41) is 7.50. The van der Waals surface area contributed by atoms with Crippen LogP contribution in [0.5, 0.6) is 0 Å². The van der Waals surface area contributed by atoms with Gasteiger partial charge in [-0.15, -0.1) is 0 Å². The normalized spacial score (nSPS) is 19.3. The largest absolute Gasteiger partial charge is 0.358 e. The van der Waals surface area contributed by atoms with Gasteiger partial charge in [0.1, 0.15) is 0 Å². The van der Waals surface area contributed by atoms with Crippen LogP contribution in [-0.2, 0) is 0 Å². The van der Waals surface area contributed by atoms with Crippen LogP contribution in [0.3, 0.4) is 0 Å². The number of aryl methyl sites for hydroxylation is 1. The molecule has 0 aliphatic carbocycles. The van der Waals surface area contributed by atoms with E-state index < -0.39 is 0 Å². The third kappa shape index (κ3) is 5.24. The van der Waals surface area contributed by atoms with Crippen molar-refractivity contribution in [2.24, 2.45) is 0 Å². The highest BCUT2D eigenvalue weighted by Gasteiger charge is 2.19. The van der Waals surface area contributed by atoms with Gasteiger partial charge in [-0.3, -0.25) is 0 Å². The Bertz CT molecular complexity index is 490. The highest BCUT2D eigenvalue weighted by atomic mass is 79.9. The average molecular weight is 370 g/mol. The molecular weight excluding hydrogens is 346 g/mol. The van der Waals surface area contributed by atoms with Gasteiger partial charge < -0.3 is 15.5 Å². The Balaban J connectivity index is 1.86. The van der Waals surface area contributed by atoms with Crippen molar-refractivity contribution < 1.29 is 0 Å². The van der Waals surface area contributed by atoms with E-state index in [1.807, 2.05) is 6.07 Å². The Morgan fingerprint density at radius 1 is 1.48 bits per heavy atom. The molecular formula is C16H24BrN3S. The summed E-state index contributed by atoms with van der Waals surface area (Å²) in [5.74, 6) is 0. The van der Waals surface area contributed by atoms with E-state index >= 15 is 0 Å². The van der Waals surface area contributed by atoms with Gasteiger partial charge in [-0.2, -0.15) is 0 Å². The van der Waals surface area contributed by atoms with Crippen LogP contribution in [0.1, 0.15) is 31.7 Å². The minimum Gasteiger partial charge on any atom is -0.358 e. The van der Waals surface area contributed by atoms with Crippen LogP contribution in [0.25, 0.3) is 0 Å². The number of rotatable bonds is 4. The topological polar surface area (TPSA) is 27.3 Å². The molecule has 1 aliphatic rings. The predicted octanol–water partition coefficient (Wildman–Crippen LogP) is 3.92. The molecule has 3 nitrogen and oxygen atoms in total. The Labute approximate surface area is 141 Å². The van der Waals surface area contributed by atoms with Crippen molar-refractivity contribution in [3.05, 3.63) is 28.2 Å². The molecule has 1 aliphatic heterocycles. The van der Waals surface area contributed by atoms with Gasteiger partial charge in [0.2, 0.25) is 0 Å². The summed E-state index contributed by atoms with van der Waals surface area (Å²) in [6.45, 7) is 7.82. The van der Waals surface area contributed by atoms with Gasteiger partial charge in [0, 0.05) is 22.7 Å². The first-order chi connectivity index (χ1) is 10.1. The van der Waals surface area contributed by atoms with Crippen LogP contribution in [0.15, 0.2) is 22.7 Å². The van der Waals surface area contributed by atoms with Crippen molar-refractivity contribution in [1.82, 2.24) is 10.2 Å². The molecule has 1 saturated heterocycles. The summed E-state index contributed by atoms with van der Waals surface area (Å²) in [6, 6.07) is 6.63. The molecule has 0 amide bonds. The number of piperidine rings is 1. The van der Waals surface area contributed by atoms with Crippen LogP contribution < -0.4 is 10.6 Å². The van der Waals surface area contributed by atoms with E-state index in [0.717, 1.165) is 21.8 Å². The third-order valence-electron chi connectivity index (χ3n) is 3.82. The minimum atomic E-state index is 0.459. The standard InChI is InChI=1S/C16H24BrN3S/c1-3-8-20-9-4-5-14(11-20)18-16(21)19-15-7-6-13(17)10-12(15)2/h6-7,10,14H,3-5,8-9,11H2,1-2H3,(H2,18,19,21). The highest BCUT2D eigenvalue weighted by Crippen LogP contribution is 2.20. The quantitative estimate of drug-likeness (QED) is 0.786. The van der Waals surface area contributed by atoms with E-state index in [1.165, 1.54) is 37.9 Å². The number of likely N-dealkylation sites (tertiary alicyclic amines) is 1. The predicted molar refractivity (Wildman–Crippen MR) is 98.0 cm³/mol. The van der Waals surface area contributed by atoms with Crippen molar-refractivity contribution in [3.8, 4) is 0 Å². The lowest BCUT2D eigenvalue weighted by Crippen LogP contribution is -2.48. The molecule has 0 aromatic heterocycles. The molecule has 2 rings (SSSR count). The van der Waals surface area contributed by atoms with E-state index in [0.29, 0.717) is 6.04 Å². The zero-order chi connectivity index (χ0) is 15.2. The third-order valence-corrected chi connectivity index (χ3v) is 4.53. The van der Waals surface area contributed by atoms with Crippen molar-refractivity contribution in [1.29, 1.82) is 0 Å². The molecule has 0 bridgehead atoms. The van der Waals surface area contributed by atoms with Crippen molar-refractivity contribution in [2.75, 3.05) is 25.0 Å². The van der Waals surface area contributed by atoms with Crippen LogP contribution in [-0.4, -0.2) is 35.7 Å². The smallest absolute Gasteiger partial charge is 0.171 e. The lowest BCUT2D eigenvalue weighted by Gasteiger charge is -2.33. The fraction of sp³-hybridized carbons (Fsp3) is 0.562. The Morgan fingerprint density at radius 2 is 2.29 bits per heavy atom. The maximum atomic E-state index is 5.46. The SMILES string of the molecule is CCCN1CCCC(NC(=S)Nc2ccc(Br)cc2C)C1. The van der Waals surface area contributed by atoms with Gasteiger partial charge in [0.05, 0.1) is 0 Å². The van der Waals surface area contributed by atoms with Gasteiger partial charge >= 0.3 is 0 Å². The van der Waals surface area contributed by atoms with Crippen LogP contribution in [0, 0.1) is 6.92 Å². The van der Waals surface area contributed by atoms with Gasteiger partial charge in [-0.25, -0.2) is 0 Å². The van der Waals surface area contributed by atoms with Crippen LogP contribution in [0.4, 0.5) is 5.69 Å². The van der Waals surface area contributed by atoms with Gasteiger partial charge in [-0.1, -0.05) is 22.9 Å². The molecule has 21 heavy (non-hydrogen) atoms. The molecule has 5 heteroatoms. The number of benzene rings is 1. The number of halogens is 1. The lowest BCUT2D eigenvalue weighted by atomic mass is 10.1. The second-order valence-electron chi connectivity index (χ2n) is 5.70. The summed E-state index contributed by atoms with van der Waals surface area (Å²) in [4.78, 5) is 2.52. The summed E-state index contributed by atoms with van der Waals surface area (Å²) < 4.78 is 1.09. The fourth-order valence-corrected chi connectivity index (χ4v) is 3.56. The molecule has 2 N–H and O–H groups in total. The van der Waals surface area contributed by atoms with Gasteiger partial charge in [0.25, 0.3) is 0 Å². The molecule has 0 radical (unpaired) electrons. The van der Waals surface area contributed by atoms with Crippen LogP contribution >= 0.6 is 28.1 Å². The molecule has 1 aromatic carbocycles.